The van der Waals surface area contributed by atoms with Gasteiger partial charge in [-0.1, -0.05) is 6.07 Å². The molecule has 58 valence electrons. The predicted octanol–water partition coefficient (Wildman–Crippen LogP) is 1.68. The maximum absolute atomic E-state index is 11.7. The molecule has 0 aliphatic carbocycles. The molecule has 0 unspecified atom stereocenters. The molecule has 0 heterocycles. The number of benzene rings is 1. The van der Waals surface area contributed by atoms with Crippen molar-refractivity contribution in [3.63, 3.8) is 0 Å². The van der Waals surface area contributed by atoms with Crippen LogP contribution in [0.2, 0.25) is 0 Å². The lowest BCUT2D eigenvalue weighted by atomic mass is 10.2. The molecule has 0 saturated heterocycles. The molecule has 0 spiro atoms. The van der Waals surface area contributed by atoms with Crippen molar-refractivity contribution >= 4 is 11.7 Å². The number of anilines is 1. The van der Waals surface area contributed by atoms with E-state index in [4.69, 9.17) is 5.11 Å². The van der Waals surface area contributed by atoms with E-state index in [1.807, 2.05) is 0 Å². The number of hydrogen-bond acceptors (Lipinski definition) is 2. The Labute approximate surface area is 62.4 Å². The Hall–Kier alpha value is -1.58. The van der Waals surface area contributed by atoms with Crippen molar-refractivity contribution < 1.29 is 14.4 Å². The van der Waals surface area contributed by atoms with Gasteiger partial charge >= 0.3 is 5.97 Å². The van der Waals surface area contributed by atoms with E-state index in [-0.39, 0.29) is 11.3 Å². The first-order valence-electron chi connectivity index (χ1n) is 2.94. The van der Waals surface area contributed by atoms with Crippen molar-refractivity contribution in [3.8, 4) is 0 Å². The summed E-state index contributed by atoms with van der Waals surface area (Å²) in [6.45, 7) is 0. The van der Waals surface area contributed by atoms with Crippen molar-refractivity contribution in [2.24, 2.45) is 0 Å². The molecule has 0 aliphatic heterocycles. The van der Waals surface area contributed by atoms with E-state index in [1.54, 1.807) is 0 Å². The molecule has 1 rings (SSSR count). The lowest BCUT2D eigenvalue weighted by molar-refractivity contribution is 0.0697. The summed E-state index contributed by atoms with van der Waals surface area (Å²) >= 11 is 0. The third kappa shape index (κ3) is 1.67. The molecule has 0 radical (unpaired) electrons. The van der Waals surface area contributed by atoms with Gasteiger partial charge in [0.2, 0.25) is 0 Å². The zero-order valence-electron chi connectivity index (χ0n) is 5.54. The van der Waals surface area contributed by atoms with Crippen LogP contribution in [0, 0.1) is 0 Å². The molecule has 0 aliphatic rings. The van der Waals surface area contributed by atoms with Crippen LogP contribution in [0.25, 0.3) is 0 Å². The zero-order valence-corrected chi connectivity index (χ0v) is 5.54. The van der Waals surface area contributed by atoms with E-state index < -0.39 is 5.97 Å². The Morgan fingerprint density at radius 2 is 2.27 bits per heavy atom. The van der Waals surface area contributed by atoms with Gasteiger partial charge in [-0.3, -0.25) is 0 Å². The number of carboxylic acid groups (broad SMARTS) is 1. The molecule has 0 fully saturated rings. The van der Waals surface area contributed by atoms with Gasteiger partial charge in [0.15, 0.2) is 0 Å². The van der Waals surface area contributed by atoms with Crippen LogP contribution in [0.3, 0.4) is 0 Å². The standard InChI is InChI=1S/C7H6FNO2/c8-9-6-3-1-2-5(4-6)7(10)11/h1-4,9H,(H,10,11). The number of carboxylic acids is 1. The third-order valence-corrected chi connectivity index (χ3v) is 1.22. The van der Waals surface area contributed by atoms with Crippen LogP contribution < -0.4 is 5.54 Å². The average Bonchev–Trinajstić information content (AvgIpc) is 2.05. The Morgan fingerprint density at radius 1 is 1.55 bits per heavy atom. The van der Waals surface area contributed by atoms with Crippen LogP contribution in [0.5, 0.6) is 0 Å². The second-order valence-electron chi connectivity index (χ2n) is 1.98. The number of nitrogens with one attached hydrogen (secondary N) is 1. The first-order chi connectivity index (χ1) is 5.24. The molecular weight excluding hydrogens is 149 g/mol. The van der Waals surface area contributed by atoms with Gasteiger partial charge in [0, 0.05) is 0 Å². The fraction of sp³-hybridized carbons (Fsp3) is 0. The largest absolute Gasteiger partial charge is 0.478 e. The van der Waals surface area contributed by atoms with Crippen LogP contribution in [-0.2, 0) is 0 Å². The highest BCUT2D eigenvalue weighted by molar-refractivity contribution is 5.88. The normalized spacial score (nSPS) is 9.18. The van der Waals surface area contributed by atoms with Crippen molar-refractivity contribution in [3.05, 3.63) is 29.8 Å². The number of aromatic carboxylic acids is 1. The summed E-state index contributed by atoms with van der Waals surface area (Å²) in [5.74, 6) is -1.07. The third-order valence-electron chi connectivity index (χ3n) is 1.22. The summed E-state index contributed by atoms with van der Waals surface area (Å²) in [4.78, 5) is 10.3. The van der Waals surface area contributed by atoms with Crippen LogP contribution in [0.4, 0.5) is 10.2 Å². The number of carbonyl (C=O) groups is 1. The van der Waals surface area contributed by atoms with Crippen molar-refractivity contribution in [1.29, 1.82) is 0 Å². The molecule has 4 heteroatoms. The summed E-state index contributed by atoms with van der Waals surface area (Å²) in [5.41, 5.74) is 1.56. The minimum atomic E-state index is -1.07. The van der Waals surface area contributed by atoms with E-state index in [0.29, 0.717) is 0 Å². The Kier molecular flexibility index (Phi) is 2.06. The minimum Gasteiger partial charge on any atom is -0.478 e. The topological polar surface area (TPSA) is 49.3 Å². The number of rotatable bonds is 2. The summed E-state index contributed by atoms with van der Waals surface area (Å²) in [5, 5.41) is 8.45. The van der Waals surface area contributed by atoms with E-state index in [9.17, 15) is 9.28 Å². The first-order valence-corrected chi connectivity index (χ1v) is 2.94. The van der Waals surface area contributed by atoms with Gasteiger partial charge in [0.1, 0.15) is 0 Å². The molecule has 11 heavy (non-hydrogen) atoms. The van der Waals surface area contributed by atoms with Crippen molar-refractivity contribution in [2.75, 3.05) is 5.54 Å². The quantitative estimate of drug-likeness (QED) is 0.639. The van der Waals surface area contributed by atoms with Gasteiger partial charge in [-0.05, 0) is 18.2 Å². The maximum atomic E-state index is 11.7. The molecule has 0 bridgehead atoms. The van der Waals surface area contributed by atoms with Crippen molar-refractivity contribution in [2.45, 2.75) is 0 Å². The van der Waals surface area contributed by atoms with Crippen LogP contribution in [-0.4, -0.2) is 11.1 Å². The fourth-order valence-electron chi connectivity index (χ4n) is 0.711. The highest BCUT2D eigenvalue weighted by Gasteiger charge is 2.01. The second-order valence-corrected chi connectivity index (χ2v) is 1.98. The van der Waals surface area contributed by atoms with E-state index >= 15 is 0 Å². The zero-order chi connectivity index (χ0) is 8.27. The smallest absolute Gasteiger partial charge is 0.335 e. The van der Waals surface area contributed by atoms with Crippen LogP contribution in [0.15, 0.2) is 24.3 Å². The van der Waals surface area contributed by atoms with E-state index in [1.165, 1.54) is 29.8 Å². The summed E-state index contributed by atoms with van der Waals surface area (Å²) in [6, 6.07) is 5.50. The fourth-order valence-corrected chi connectivity index (χ4v) is 0.711. The highest BCUT2D eigenvalue weighted by atomic mass is 19.2. The lowest BCUT2D eigenvalue weighted by Gasteiger charge is -1.96. The van der Waals surface area contributed by atoms with Gasteiger partial charge in [0.25, 0.3) is 0 Å². The Morgan fingerprint density at radius 3 is 2.82 bits per heavy atom. The molecule has 0 aromatic heterocycles. The maximum Gasteiger partial charge on any atom is 0.335 e. The highest BCUT2D eigenvalue weighted by Crippen LogP contribution is 2.09. The van der Waals surface area contributed by atoms with Gasteiger partial charge < -0.3 is 5.11 Å². The summed E-state index contributed by atoms with van der Waals surface area (Å²) in [7, 11) is 0. The number of hydrogen-bond donors (Lipinski definition) is 2. The van der Waals surface area contributed by atoms with E-state index in [2.05, 4.69) is 0 Å². The average molecular weight is 155 g/mol. The molecular formula is C7H6FNO2. The summed E-state index contributed by atoms with van der Waals surface area (Å²) < 4.78 is 11.7. The molecule has 2 N–H and O–H groups in total. The Balaban J connectivity index is 3.01. The van der Waals surface area contributed by atoms with Crippen LogP contribution >= 0.6 is 0 Å². The van der Waals surface area contributed by atoms with Crippen molar-refractivity contribution in [1.82, 2.24) is 0 Å². The SMILES string of the molecule is O=C(O)c1cccc(NF)c1. The molecule has 1 aromatic rings. The summed E-state index contributed by atoms with van der Waals surface area (Å²) in [6.07, 6.45) is 0. The second kappa shape index (κ2) is 3.01. The predicted molar refractivity (Wildman–Crippen MR) is 38.1 cm³/mol. The first kappa shape index (κ1) is 7.53. The molecule has 0 atom stereocenters. The monoisotopic (exact) mass is 155 g/mol. The van der Waals surface area contributed by atoms with E-state index in [0.717, 1.165) is 0 Å². The molecule has 0 amide bonds. The molecule has 0 saturated carbocycles. The molecule has 1 aromatic carbocycles. The minimum absolute atomic E-state index is 0.0626. The van der Waals surface area contributed by atoms with Gasteiger partial charge in [-0.15, -0.1) is 4.48 Å². The Bertz CT molecular complexity index is 275. The molecule has 3 nitrogen and oxygen atoms in total. The number of halogens is 1. The lowest BCUT2D eigenvalue weighted by Crippen LogP contribution is -1.95. The van der Waals surface area contributed by atoms with Gasteiger partial charge in [-0.25, -0.2) is 10.3 Å². The van der Waals surface area contributed by atoms with Crippen LogP contribution in [0.1, 0.15) is 10.4 Å². The van der Waals surface area contributed by atoms with Gasteiger partial charge in [-0.2, -0.15) is 0 Å². The van der Waals surface area contributed by atoms with Gasteiger partial charge in [0.05, 0.1) is 11.3 Å².